The Kier molecular flexibility index (Phi) is 17.6. The van der Waals surface area contributed by atoms with Crippen molar-refractivity contribution in [1.29, 1.82) is 0 Å². The third-order valence-corrected chi connectivity index (χ3v) is 5.02. The van der Waals surface area contributed by atoms with E-state index < -0.39 is 35.7 Å². The summed E-state index contributed by atoms with van der Waals surface area (Å²) in [4.78, 5) is 33.7. The fraction of sp³-hybridized carbons (Fsp3) is 0.387. The molecule has 0 aromatic heterocycles. The van der Waals surface area contributed by atoms with Crippen LogP contribution in [0.5, 0.6) is 11.5 Å². The van der Waals surface area contributed by atoms with E-state index in [2.05, 4.69) is 29.0 Å². The smallest absolute Gasteiger partial charge is 0.408 e. The molecular formula is C31H39ClN2O8. The minimum absolute atomic E-state index is 0. The van der Waals surface area contributed by atoms with E-state index in [4.69, 9.17) is 25.1 Å². The standard InChI is InChI=1S/C18H23NO5.C13H15NO3.ClH/c1-5-6-11-23-14-9-7-13(8-10-14)12-15(16(20)21)19-17(22)24-18(2,3)4;1-2-3-8-17-11-6-4-10(5-7-11)9-12(14)13(15)16;/h7-10,15H,11-12H2,1-4H3,(H,19,22)(H,20,21);4-7,12H,8-9,14H2,1H3,(H,15,16);1H/t15-;12-;/m00./s1. The first-order valence-electron chi connectivity index (χ1n) is 12.8. The van der Waals surface area contributed by atoms with Gasteiger partial charge < -0.3 is 35.5 Å². The fourth-order valence-corrected chi connectivity index (χ4v) is 3.05. The van der Waals surface area contributed by atoms with Crippen molar-refractivity contribution in [2.45, 2.75) is 65.1 Å². The van der Waals surface area contributed by atoms with Crippen molar-refractivity contribution in [3.63, 3.8) is 0 Å². The number of nitrogens with one attached hydrogen (secondary N) is 1. The topological polar surface area (TPSA) is 157 Å². The number of carboxylic acids is 2. The van der Waals surface area contributed by atoms with Crippen molar-refractivity contribution < 1.29 is 38.8 Å². The van der Waals surface area contributed by atoms with E-state index in [-0.39, 0.29) is 18.8 Å². The van der Waals surface area contributed by atoms with Crippen molar-refractivity contribution in [3.8, 4) is 35.2 Å². The Morgan fingerprint density at radius 1 is 0.810 bits per heavy atom. The molecule has 11 heteroatoms. The van der Waals surface area contributed by atoms with Crippen LogP contribution in [0.4, 0.5) is 4.79 Å². The molecule has 2 aromatic carbocycles. The van der Waals surface area contributed by atoms with Gasteiger partial charge in [-0.3, -0.25) is 4.79 Å². The molecule has 0 aliphatic carbocycles. The summed E-state index contributed by atoms with van der Waals surface area (Å²) in [5.74, 6) is 10.3. The molecule has 0 bridgehead atoms. The molecule has 5 N–H and O–H groups in total. The summed E-state index contributed by atoms with van der Waals surface area (Å²) >= 11 is 0. The van der Waals surface area contributed by atoms with Crippen LogP contribution < -0.4 is 20.5 Å². The second-order valence-corrected chi connectivity index (χ2v) is 9.61. The number of rotatable bonds is 11. The number of carbonyl (C=O) groups is 3. The largest absolute Gasteiger partial charge is 0.481 e. The van der Waals surface area contributed by atoms with Crippen molar-refractivity contribution in [2.75, 3.05) is 13.2 Å². The number of hydrogen-bond acceptors (Lipinski definition) is 7. The van der Waals surface area contributed by atoms with Crippen LogP contribution >= 0.6 is 12.4 Å². The molecule has 0 unspecified atom stereocenters. The van der Waals surface area contributed by atoms with Gasteiger partial charge in [-0.15, -0.1) is 24.2 Å². The predicted octanol–water partition coefficient (Wildman–Crippen LogP) is 4.07. The zero-order valence-corrected chi connectivity index (χ0v) is 25.2. The maximum Gasteiger partial charge on any atom is 0.408 e. The first kappa shape index (κ1) is 37.6. The first-order chi connectivity index (χ1) is 19.3. The summed E-state index contributed by atoms with van der Waals surface area (Å²) in [7, 11) is 0. The predicted molar refractivity (Wildman–Crippen MR) is 162 cm³/mol. The van der Waals surface area contributed by atoms with E-state index in [0.29, 0.717) is 31.1 Å². The van der Waals surface area contributed by atoms with Gasteiger partial charge in [-0.05, 0) is 76.4 Å². The number of ether oxygens (including phenoxy) is 3. The number of carboxylic acid groups (broad SMARTS) is 2. The monoisotopic (exact) mass is 602 g/mol. The minimum atomic E-state index is -1.13. The molecule has 0 saturated carbocycles. The summed E-state index contributed by atoms with van der Waals surface area (Å²) in [6.07, 6.45) is -0.304. The number of halogens is 1. The molecule has 0 radical (unpaired) electrons. The quantitative estimate of drug-likeness (QED) is 0.278. The Morgan fingerprint density at radius 2 is 1.24 bits per heavy atom. The van der Waals surface area contributed by atoms with Gasteiger partial charge in [0.15, 0.2) is 0 Å². The van der Waals surface area contributed by atoms with Crippen LogP contribution in [0.1, 0.15) is 45.7 Å². The maximum absolute atomic E-state index is 11.7. The van der Waals surface area contributed by atoms with Crippen LogP contribution in [0.2, 0.25) is 0 Å². The highest BCUT2D eigenvalue weighted by Crippen LogP contribution is 2.15. The van der Waals surface area contributed by atoms with Crippen molar-refractivity contribution in [3.05, 3.63) is 59.7 Å². The number of carbonyl (C=O) groups excluding carboxylic acids is 1. The Morgan fingerprint density at radius 3 is 1.60 bits per heavy atom. The van der Waals surface area contributed by atoms with E-state index in [1.54, 1.807) is 83.1 Å². The van der Waals surface area contributed by atoms with Gasteiger partial charge in [0.1, 0.15) is 42.4 Å². The molecule has 2 rings (SSSR count). The molecule has 42 heavy (non-hydrogen) atoms. The van der Waals surface area contributed by atoms with E-state index in [1.165, 1.54) is 0 Å². The molecule has 0 aliphatic heterocycles. The highest BCUT2D eigenvalue weighted by molar-refractivity contribution is 5.85. The van der Waals surface area contributed by atoms with Gasteiger partial charge in [0.25, 0.3) is 0 Å². The summed E-state index contributed by atoms with van der Waals surface area (Å²) in [5, 5.41) is 20.3. The van der Waals surface area contributed by atoms with Gasteiger partial charge in [-0.25, -0.2) is 9.59 Å². The van der Waals surface area contributed by atoms with Gasteiger partial charge in [0.2, 0.25) is 0 Å². The zero-order valence-electron chi connectivity index (χ0n) is 24.4. The molecule has 1 amide bonds. The number of alkyl carbamates (subject to hydrolysis) is 1. The lowest BCUT2D eigenvalue weighted by atomic mass is 10.1. The highest BCUT2D eigenvalue weighted by atomic mass is 35.5. The second kappa shape index (κ2) is 19.7. The lowest BCUT2D eigenvalue weighted by Crippen LogP contribution is -2.44. The number of nitrogens with two attached hydrogens (primary N) is 1. The maximum atomic E-state index is 11.7. The number of benzene rings is 2. The highest BCUT2D eigenvalue weighted by Gasteiger charge is 2.24. The Bertz CT molecular complexity index is 1250. The van der Waals surface area contributed by atoms with Crippen LogP contribution in [-0.2, 0) is 27.2 Å². The van der Waals surface area contributed by atoms with Crippen LogP contribution in [-0.4, -0.2) is 59.1 Å². The molecule has 0 spiro atoms. The molecule has 0 fully saturated rings. The van der Waals surface area contributed by atoms with Gasteiger partial charge in [-0.2, -0.15) is 0 Å². The van der Waals surface area contributed by atoms with Crippen molar-refractivity contribution in [1.82, 2.24) is 5.32 Å². The van der Waals surface area contributed by atoms with Crippen LogP contribution in [0.25, 0.3) is 0 Å². The summed E-state index contributed by atoms with van der Waals surface area (Å²) in [5.41, 5.74) is 6.37. The van der Waals surface area contributed by atoms with Crippen LogP contribution in [0, 0.1) is 23.7 Å². The average molecular weight is 603 g/mol. The lowest BCUT2D eigenvalue weighted by molar-refractivity contribution is -0.140. The van der Waals surface area contributed by atoms with Crippen LogP contribution in [0.3, 0.4) is 0 Å². The van der Waals surface area contributed by atoms with Gasteiger partial charge in [0, 0.05) is 6.42 Å². The molecule has 10 nitrogen and oxygen atoms in total. The Hall–Kier alpha value is -4.38. The molecule has 228 valence electrons. The third-order valence-electron chi connectivity index (χ3n) is 5.02. The zero-order chi connectivity index (χ0) is 30.8. The van der Waals surface area contributed by atoms with E-state index in [1.807, 2.05) is 0 Å². The van der Waals surface area contributed by atoms with Crippen molar-refractivity contribution in [2.24, 2.45) is 5.73 Å². The van der Waals surface area contributed by atoms with E-state index in [0.717, 1.165) is 11.1 Å². The molecule has 2 atom stereocenters. The summed E-state index contributed by atoms with van der Waals surface area (Å²) < 4.78 is 15.8. The third kappa shape index (κ3) is 16.7. The summed E-state index contributed by atoms with van der Waals surface area (Å²) in [6.45, 7) is 9.27. The van der Waals surface area contributed by atoms with Gasteiger partial charge in [-0.1, -0.05) is 36.1 Å². The summed E-state index contributed by atoms with van der Waals surface area (Å²) in [6, 6.07) is 12.2. The minimum Gasteiger partial charge on any atom is -0.481 e. The second-order valence-electron chi connectivity index (χ2n) is 9.61. The molecule has 0 aliphatic rings. The molecular weight excluding hydrogens is 564 g/mol. The molecule has 2 aromatic rings. The molecule has 0 saturated heterocycles. The lowest BCUT2D eigenvalue weighted by Gasteiger charge is -2.22. The Labute approximate surface area is 253 Å². The number of aliphatic carboxylic acids is 2. The first-order valence-corrected chi connectivity index (χ1v) is 12.8. The normalized spacial score (nSPS) is 11.2. The Balaban J connectivity index is 0.000000825. The van der Waals surface area contributed by atoms with E-state index in [9.17, 15) is 19.5 Å². The van der Waals surface area contributed by atoms with Crippen LogP contribution in [0.15, 0.2) is 48.5 Å². The number of hydrogen-bond donors (Lipinski definition) is 4. The van der Waals surface area contributed by atoms with E-state index >= 15 is 0 Å². The molecule has 0 heterocycles. The fourth-order valence-electron chi connectivity index (χ4n) is 3.05. The van der Waals surface area contributed by atoms with Gasteiger partial charge in [0.05, 0.1) is 0 Å². The van der Waals surface area contributed by atoms with Crippen molar-refractivity contribution >= 4 is 30.4 Å². The SMILES string of the molecule is CC#CCOc1ccc(C[C@H](N)C(=O)O)cc1.CC#CCOc1ccc(C[C@H](NC(=O)OC(C)(C)C)C(=O)O)cc1.Cl. The average Bonchev–Trinajstić information content (AvgIpc) is 2.90. The van der Waals surface area contributed by atoms with Gasteiger partial charge >= 0.3 is 18.0 Å². The number of amides is 1.